The maximum absolute atomic E-state index is 13.9. The minimum atomic E-state index is -2.00. The number of rotatable bonds is 3. The molecule has 2 aliphatic carbocycles. The zero-order valence-electron chi connectivity index (χ0n) is 19.6. The monoisotopic (exact) mass is 636 g/mol. The van der Waals surface area contributed by atoms with Gasteiger partial charge in [-0.2, -0.15) is 0 Å². The molecule has 0 bridgehead atoms. The van der Waals surface area contributed by atoms with E-state index in [-0.39, 0.29) is 40.5 Å². The highest BCUT2D eigenvalue weighted by molar-refractivity contribution is 9.09. The number of alkyl halides is 3. The number of allylic oxidation sites excluding steroid dienone is 2. The van der Waals surface area contributed by atoms with Crippen LogP contribution >= 0.6 is 50.7 Å². The van der Waals surface area contributed by atoms with E-state index in [1.165, 1.54) is 23.1 Å². The van der Waals surface area contributed by atoms with Crippen molar-refractivity contribution in [3.05, 3.63) is 70.8 Å². The number of aromatic hydroxyl groups is 1. The topological polar surface area (TPSA) is 95.0 Å². The molecule has 1 saturated carbocycles. The average Bonchev–Trinajstić information content (AvgIpc) is 3.24. The third kappa shape index (κ3) is 3.20. The number of phenolic OH excluding ortho intramolecular Hbond substituents is 1. The van der Waals surface area contributed by atoms with Crippen molar-refractivity contribution >= 4 is 80.0 Å². The molecule has 4 aliphatic rings. The number of phenols is 1. The van der Waals surface area contributed by atoms with Gasteiger partial charge in [0.2, 0.25) is 11.8 Å². The molecule has 1 N–H and O–H groups in total. The van der Waals surface area contributed by atoms with Gasteiger partial charge in [-0.05, 0) is 49.1 Å². The first kappa shape index (κ1) is 25.9. The zero-order valence-corrected chi connectivity index (χ0v) is 23.5. The molecule has 38 heavy (non-hydrogen) atoms. The fraction of sp³-hybridized carbons (Fsp3) is 0.333. The molecule has 2 heterocycles. The molecule has 11 heteroatoms. The lowest BCUT2D eigenvalue weighted by Gasteiger charge is -2.50. The summed E-state index contributed by atoms with van der Waals surface area (Å²) in [7, 11) is 0. The first-order valence-electron chi connectivity index (χ1n) is 12.0. The third-order valence-electron chi connectivity index (χ3n) is 8.33. The predicted molar refractivity (Wildman–Crippen MR) is 145 cm³/mol. The zero-order chi connectivity index (χ0) is 27.1. The molecule has 2 saturated heterocycles. The summed E-state index contributed by atoms with van der Waals surface area (Å²) in [6.45, 7) is 0. The Bertz CT molecular complexity index is 1450. The van der Waals surface area contributed by atoms with Gasteiger partial charge in [0.1, 0.15) is 5.75 Å². The number of carbonyl (C=O) groups is 4. The summed E-state index contributed by atoms with van der Waals surface area (Å²) >= 11 is 23.8. The van der Waals surface area contributed by atoms with Crippen LogP contribution in [0, 0.1) is 17.8 Å². The van der Waals surface area contributed by atoms with Crippen LogP contribution in [0.1, 0.15) is 24.3 Å². The van der Waals surface area contributed by atoms with Gasteiger partial charge in [0.05, 0.1) is 23.0 Å². The van der Waals surface area contributed by atoms with Crippen molar-refractivity contribution in [2.45, 2.75) is 28.5 Å². The number of amides is 4. The second kappa shape index (κ2) is 8.81. The van der Waals surface area contributed by atoms with Crippen LogP contribution in [0.3, 0.4) is 0 Å². The number of hydrogen-bond acceptors (Lipinski definition) is 5. The van der Waals surface area contributed by atoms with Gasteiger partial charge in [-0.1, -0.05) is 57.4 Å². The molecule has 4 amide bonds. The molecule has 7 nitrogen and oxygen atoms in total. The van der Waals surface area contributed by atoms with Gasteiger partial charge in [0.15, 0.2) is 9.75 Å². The number of para-hydroxylation sites is 1. The highest BCUT2D eigenvalue weighted by Gasteiger charge is 2.76. The number of nitrogens with zero attached hydrogens (tertiary/aromatic N) is 2. The summed E-state index contributed by atoms with van der Waals surface area (Å²) in [5.41, 5.74) is 1.14. The van der Waals surface area contributed by atoms with Crippen molar-refractivity contribution in [1.82, 2.24) is 4.90 Å². The summed E-state index contributed by atoms with van der Waals surface area (Å²) in [6.07, 6.45) is 1.92. The Balaban J connectivity index is 1.55. The number of anilines is 1. The highest BCUT2D eigenvalue weighted by Crippen LogP contribution is 2.66. The first-order valence-corrected chi connectivity index (χ1v) is 14.2. The van der Waals surface area contributed by atoms with E-state index in [0.29, 0.717) is 11.3 Å². The number of likely N-dealkylation sites (tertiary alicyclic amines) is 1. The number of fused-ring (bicyclic) bond motifs is 4. The smallest absolute Gasteiger partial charge is 0.254 e. The molecule has 196 valence electrons. The third-order valence-corrected chi connectivity index (χ3v) is 10.5. The minimum absolute atomic E-state index is 0.126. The van der Waals surface area contributed by atoms with Gasteiger partial charge in [-0.3, -0.25) is 29.0 Å². The average molecular weight is 639 g/mol. The molecule has 0 aromatic heterocycles. The molecule has 2 aromatic carbocycles. The van der Waals surface area contributed by atoms with E-state index in [2.05, 4.69) is 15.9 Å². The van der Waals surface area contributed by atoms with Crippen LogP contribution in [-0.4, -0.2) is 48.8 Å². The minimum Gasteiger partial charge on any atom is -0.508 e. The van der Waals surface area contributed by atoms with Gasteiger partial charge in [-0.15, -0.1) is 23.2 Å². The highest BCUT2D eigenvalue weighted by atomic mass is 79.9. The van der Waals surface area contributed by atoms with Gasteiger partial charge >= 0.3 is 0 Å². The predicted octanol–water partition coefficient (Wildman–Crippen LogP) is 4.96. The van der Waals surface area contributed by atoms with Crippen molar-refractivity contribution in [1.29, 1.82) is 0 Å². The molecule has 2 aromatic rings. The Kier molecular flexibility index (Phi) is 6.00. The normalized spacial score (nSPS) is 34.3. The number of carbonyl (C=O) groups excluding carboxylic acids is 4. The van der Waals surface area contributed by atoms with Crippen molar-refractivity contribution in [2.24, 2.45) is 17.8 Å². The summed E-state index contributed by atoms with van der Waals surface area (Å²) in [6, 6.07) is 13.0. The Labute approximate surface area is 241 Å². The molecule has 0 radical (unpaired) electrons. The maximum atomic E-state index is 13.9. The second-order valence-corrected chi connectivity index (χ2v) is 12.2. The van der Waals surface area contributed by atoms with E-state index in [1.807, 2.05) is 6.08 Å². The largest absolute Gasteiger partial charge is 0.508 e. The number of hydrogen-bond donors (Lipinski definition) is 1. The van der Waals surface area contributed by atoms with E-state index >= 15 is 0 Å². The standard InChI is InChI=1S/C27H20BrCl3N2O5/c28-12-32-24(37)26(30)11-18-15(21(27(26,31)25(32)38)17-10-13(29)6-9-19(17)34)7-8-16-20(18)23(36)33(22(16)35)14-4-2-1-3-5-14/h1-7,9-10,16,18,20-21,34H,8,11-12H2. The lowest BCUT2D eigenvalue weighted by atomic mass is 9.56. The van der Waals surface area contributed by atoms with Crippen molar-refractivity contribution in [3.63, 3.8) is 0 Å². The molecule has 6 unspecified atom stereocenters. The number of imide groups is 2. The molecule has 2 aliphatic heterocycles. The van der Waals surface area contributed by atoms with E-state index in [0.717, 1.165) is 4.90 Å². The van der Waals surface area contributed by atoms with Crippen LogP contribution in [-0.2, 0) is 19.2 Å². The lowest BCUT2D eigenvalue weighted by molar-refractivity contribution is -0.138. The first-order chi connectivity index (χ1) is 18.1. The number of benzene rings is 2. The molecular weight excluding hydrogens is 619 g/mol. The Morgan fingerprint density at radius 2 is 1.68 bits per heavy atom. The van der Waals surface area contributed by atoms with Gasteiger partial charge in [0, 0.05) is 16.5 Å². The molecule has 3 fully saturated rings. The molecule has 0 spiro atoms. The van der Waals surface area contributed by atoms with Crippen LogP contribution in [0.25, 0.3) is 0 Å². The Morgan fingerprint density at radius 3 is 2.37 bits per heavy atom. The van der Waals surface area contributed by atoms with Crippen LogP contribution < -0.4 is 4.90 Å². The lowest BCUT2D eigenvalue weighted by Crippen LogP contribution is -2.60. The van der Waals surface area contributed by atoms with Crippen molar-refractivity contribution < 1.29 is 24.3 Å². The number of halogens is 4. The van der Waals surface area contributed by atoms with Crippen LogP contribution in [0.5, 0.6) is 5.75 Å². The van der Waals surface area contributed by atoms with Gasteiger partial charge < -0.3 is 5.11 Å². The Morgan fingerprint density at radius 1 is 0.974 bits per heavy atom. The van der Waals surface area contributed by atoms with E-state index in [4.69, 9.17) is 34.8 Å². The van der Waals surface area contributed by atoms with Crippen molar-refractivity contribution in [2.75, 3.05) is 10.4 Å². The maximum Gasteiger partial charge on any atom is 0.254 e. The summed E-state index contributed by atoms with van der Waals surface area (Å²) < 4.78 is 0. The van der Waals surface area contributed by atoms with Crippen LogP contribution in [0.2, 0.25) is 5.02 Å². The van der Waals surface area contributed by atoms with Crippen LogP contribution in [0.4, 0.5) is 5.69 Å². The molecule has 6 atom stereocenters. The Hall–Kier alpha value is -2.39. The fourth-order valence-electron chi connectivity index (χ4n) is 6.69. The second-order valence-electron chi connectivity index (χ2n) is 10.0. The van der Waals surface area contributed by atoms with Gasteiger partial charge in [0.25, 0.3) is 11.8 Å². The molecular formula is C27H20BrCl3N2O5. The molecule has 6 rings (SSSR count). The van der Waals surface area contributed by atoms with Crippen LogP contribution in [0.15, 0.2) is 60.2 Å². The van der Waals surface area contributed by atoms with E-state index in [1.54, 1.807) is 30.3 Å². The summed E-state index contributed by atoms with van der Waals surface area (Å²) in [4.78, 5) is 52.9. The van der Waals surface area contributed by atoms with E-state index < -0.39 is 51.1 Å². The SMILES string of the molecule is O=C1C2CC=C3C(CC4(Cl)C(=O)N(CBr)C(=O)C4(Cl)C3c3cc(Cl)ccc3O)C2C(=O)N1c1ccccc1. The fourth-order valence-corrected chi connectivity index (χ4v) is 8.28. The summed E-state index contributed by atoms with van der Waals surface area (Å²) in [5.74, 6) is -5.54. The quantitative estimate of drug-likeness (QED) is 0.222. The van der Waals surface area contributed by atoms with E-state index in [9.17, 15) is 24.3 Å². The van der Waals surface area contributed by atoms with Crippen molar-refractivity contribution in [3.8, 4) is 5.75 Å². The summed E-state index contributed by atoms with van der Waals surface area (Å²) in [5, 5.41) is 11.2. The van der Waals surface area contributed by atoms with Gasteiger partial charge in [-0.25, -0.2) is 0 Å².